The van der Waals surface area contributed by atoms with Gasteiger partial charge >= 0.3 is 5.97 Å². The molecule has 0 saturated heterocycles. The van der Waals surface area contributed by atoms with Gasteiger partial charge in [-0.15, -0.1) is 0 Å². The fourth-order valence-electron chi connectivity index (χ4n) is 1.43. The van der Waals surface area contributed by atoms with Gasteiger partial charge in [-0.05, 0) is 44.5 Å². The molecule has 0 aliphatic heterocycles. The Morgan fingerprint density at radius 3 is 2.22 bits per heavy atom. The van der Waals surface area contributed by atoms with Gasteiger partial charge in [0.25, 0.3) is 0 Å². The maximum Gasteiger partial charge on any atom is 0.309 e. The highest BCUT2D eigenvalue weighted by atomic mass is 35.5. The molecule has 0 saturated carbocycles. The highest BCUT2D eigenvalue weighted by Gasteiger charge is 2.20. The third-order valence-corrected chi connectivity index (χ3v) is 2.49. The number of hydrogen-bond donors (Lipinski definition) is 1. The van der Waals surface area contributed by atoms with Crippen LogP contribution in [0.3, 0.4) is 0 Å². The SMILES string of the molecule is CC(C)(C)OC(=O)CC(O)c1cc(Cl)cc(Cl)c1. The summed E-state index contributed by atoms with van der Waals surface area (Å²) in [6.45, 7) is 5.31. The van der Waals surface area contributed by atoms with Crippen molar-refractivity contribution in [1.29, 1.82) is 0 Å². The van der Waals surface area contributed by atoms with Crippen molar-refractivity contribution in [2.45, 2.75) is 38.9 Å². The van der Waals surface area contributed by atoms with Crippen molar-refractivity contribution in [3.63, 3.8) is 0 Å². The number of rotatable bonds is 3. The molecular weight excluding hydrogens is 275 g/mol. The zero-order valence-corrected chi connectivity index (χ0v) is 12.0. The van der Waals surface area contributed by atoms with E-state index >= 15 is 0 Å². The molecular formula is C13H16Cl2O3. The number of aliphatic hydroxyl groups is 1. The van der Waals surface area contributed by atoms with Crippen LogP contribution in [0.4, 0.5) is 0 Å². The molecule has 1 aromatic carbocycles. The normalized spacial score (nSPS) is 13.2. The first kappa shape index (κ1) is 15.3. The van der Waals surface area contributed by atoms with Crippen LogP contribution in [0.2, 0.25) is 10.0 Å². The Kier molecular flexibility index (Phi) is 5.02. The lowest BCUT2D eigenvalue weighted by Gasteiger charge is -2.20. The van der Waals surface area contributed by atoms with Crippen molar-refractivity contribution in [2.75, 3.05) is 0 Å². The summed E-state index contributed by atoms with van der Waals surface area (Å²) in [5.74, 6) is -0.467. The molecule has 0 bridgehead atoms. The molecule has 18 heavy (non-hydrogen) atoms. The van der Waals surface area contributed by atoms with Crippen LogP contribution in [0.25, 0.3) is 0 Å². The Morgan fingerprint density at radius 1 is 1.28 bits per heavy atom. The highest BCUT2D eigenvalue weighted by Crippen LogP contribution is 2.26. The van der Waals surface area contributed by atoms with E-state index in [4.69, 9.17) is 27.9 Å². The lowest BCUT2D eigenvalue weighted by atomic mass is 10.1. The second kappa shape index (κ2) is 5.91. The summed E-state index contributed by atoms with van der Waals surface area (Å²) >= 11 is 11.7. The summed E-state index contributed by atoms with van der Waals surface area (Å²) in [5.41, 5.74) is -0.0682. The summed E-state index contributed by atoms with van der Waals surface area (Å²) in [6, 6.07) is 4.71. The monoisotopic (exact) mass is 290 g/mol. The average Bonchev–Trinajstić information content (AvgIpc) is 2.12. The van der Waals surface area contributed by atoms with Crippen LogP contribution in [0.1, 0.15) is 38.9 Å². The molecule has 0 radical (unpaired) electrons. The maximum absolute atomic E-state index is 11.6. The third kappa shape index (κ3) is 5.25. The van der Waals surface area contributed by atoms with E-state index in [1.807, 2.05) is 0 Å². The van der Waals surface area contributed by atoms with E-state index in [2.05, 4.69) is 0 Å². The average molecular weight is 291 g/mol. The number of carbonyl (C=O) groups is 1. The highest BCUT2D eigenvalue weighted by molar-refractivity contribution is 6.34. The largest absolute Gasteiger partial charge is 0.460 e. The van der Waals surface area contributed by atoms with Crippen molar-refractivity contribution in [3.05, 3.63) is 33.8 Å². The standard InChI is InChI=1S/C13H16Cl2O3/c1-13(2,3)18-12(17)7-11(16)8-4-9(14)6-10(15)5-8/h4-6,11,16H,7H2,1-3H3. The van der Waals surface area contributed by atoms with E-state index < -0.39 is 17.7 Å². The van der Waals surface area contributed by atoms with Crippen LogP contribution in [0.15, 0.2) is 18.2 Å². The first-order valence-corrected chi connectivity index (χ1v) is 6.29. The van der Waals surface area contributed by atoms with Gasteiger partial charge in [0.1, 0.15) is 5.60 Å². The third-order valence-electron chi connectivity index (χ3n) is 2.05. The minimum absolute atomic E-state index is 0.131. The van der Waals surface area contributed by atoms with Crippen molar-refractivity contribution >= 4 is 29.2 Å². The van der Waals surface area contributed by atoms with Gasteiger partial charge in [-0.25, -0.2) is 0 Å². The fraction of sp³-hybridized carbons (Fsp3) is 0.462. The molecule has 3 nitrogen and oxygen atoms in total. The van der Waals surface area contributed by atoms with Crippen molar-refractivity contribution in [2.24, 2.45) is 0 Å². The molecule has 0 aromatic heterocycles. The number of benzene rings is 1. The van der Waals surface area contributed by atoms with Crippen LogP contribution in [-0.2, 0) is 9.53 Å². The van der Waals surface area contributed by atoms with E-state index in [0.717, 1.165) is 0 Å². The summed E-state index contributed by atoms with van der Waals surface area (Å²) in [6.07, 6.45) is -1.11. The van der Waals surface area contributed by atoms with Crippen molar-refractivity contribution in [1.82, 2.24) is 0 Å². The Labute approximate surface area is 117 Å². The molecule has 0 fully saturated rings. The van der Waals surface area contributed by atoms with Crippen LogP contribution < -0.4 is 0 Å². The molecule has 1 N–H and O–H groups in total. The van der Waals surface area contributed by atoms with Gasteiger partial charge in [-0.3, -0.25) is 4.79 Å². The van der Waals surface area contributed by atoms with Gasteiger partial charge in [0.05, 0.1) is 12.5 Å². The Balaban J connectivity index is 2.70. The molecule has 0 amide bonds. The minimum atomic E-state index is -0.976. The number of aliphatic hydroxyl groups excluding tert-OH is 1. The van der Waals surface area contributed by atoms with Gasteiger partial charge in [-0.2, -0.15) is 0 Å². The Hall–Kier alpha value is -0.770. The van der Waals surface area contributed by atoms with Gasteiger partial charge in [0.15, 0.2) is 0 Å². The Morgan fingerprint density at radius 2 is 1.78 bits per heavy atom. The molecule has 0 spiro atoms. The second-order valence-electron chi connectivity index (χ2n) is 5.01. The minimum Gasteiger partial charge on any atom is -0.460 e. The maximum atomic E-state index is 11.6. The lowest BCUT2D eigenvalue weighted by Crippen LogP contribution is -2.24. The number of esters is 1. The lowest BCUT2D eigenvalue weighted by molar-refractivity contribution is -0.157. The topological polar surface area (TPSA) is 46.5 Å². The fourth-order valence-corrected chi connectivity index (χ4v) is 1.97. The van der Waals surface area contributed by atoms with Crippen molar-refractivity contribution in [3.8, 4) is 0 Å². The molecule has 1 unspecified atom stereocenters. The van der Waals surface area contributed by atoms with Gasteiger partial charge in [0, 0.05) is 10.0 Å². The van der Waals surface area contributed by atoms with Gasteiger partial charge < -0.3 is 9.84 Å². The molecule has 0 heterocycles. The predicted octanol–water partition coefficient (Wildman–Crippen LogP) is 3.76. The summed E-state index contributed by atoms with van der Waals surface area (Å²) in [4.78, 5) is 11.6. The van der Waals surface area contributed by atoms with Crippen LogP contribution >= 0.6 is 23.2 Å². The van der Waals surface area contributed by atoms with E-state index in [9.17, 15) is 9.90 Å². The molecule has 0 aliphatic rings. The molecule has 1 atom stereocenters. The van der Waals surface area contributed by atoms with Crippen LogP contribution in [-0.4, -0.2) is 16.7 Å². The number of ether oxygens (including phenoxy) is 1. The molecule has 100 valence electrons. The van der Waals surface area contributed by atoms with Gasteiger partial charge in [0.2, 0.25) is 0 Å². The smallest absolute Gasteiger partial charge is 0.309 e. The van der Waals surface area contributed by atoms with E-state index in [1.54, 1.807) is 39.0 Å². The number of hydrogen-bond acceptors (Lipinski definition) is 3. The first-order valence-electron chi connectivity index (χ1n) is 5.53. The summed E-state index contributed by atoms with van der Waals surface area (Å²) < 4.78 is 5.13. The number of carbonyl (C=O) groups excluding carboxylic acids is 1. The van der Waals surface area contributed by atoms with Crippen LogP contribution in [0, 0.1) is 0 Å². The quantitative estimate of drug-likeness (QED) is 0.862. The zero-order chi connectivity index (χ0) is 13.9. The Bertz CT molecular complexity index is 418. The summed E-state index contributed by atoms with van der Waals surface area (Å²) in [7, 11) is 0. The second-order valence-corrected chi connectivity index (χ2v) is 5.88. The van der Waals surface area contributed by atoms with E-state index in [0.29, 0.717) is 15.6 Å². The molecule has 5 heteroatoms. The molecule has 1 rings (SSSR count). The number of halogens is 2. The predicted molar refractivity (Wildman–Crippen MR) is 71.9 cm³/mol. The molecule has 1 aromatic rings. The summed E-state index contributed by atoms with van der Waals surface area (Å²) in [5, 5.41) is 10.8. The molecule has 0 aliphatic carbocycles. The van der Waals surface area contributed by atoms with Crippen LogP contribution in [0.5, 0.6) is 0 Å². The first-order chi connectivity index (χ1) is 8.17. The van der Waals surface area contributed by atoms with Gasteiger partial charge in [-0.1, -0.05) is 23.2 Å². The van der Waals surface area contributed by atoms with Crippen molar-refractivity contribution < 1.29 is 14.6 Å². The van der Waals surface area contributed by atoms with E-state index in [-0.39, 0.29) is 6.42 Å². The zero-order valence-electron chi connectivity index (χ0n) is 10.5. The van der Waals surface area contributed by atoms with E-state index in [1.165, 1.54) is 0 Å².